The Bertz CT molecular complexity index is 532. The van der Waals surface area contributed by atoms with Crippen molar-refractivity contribution >= 4 is 29.4 Å². The van der Waals surface area contributed by atoms with Gasteiger partial charge in [-0.2, -0.15) is 11.8 Å². The Labute approximate surface area is 120 Å². The topological polar surface area (TPSA) is 69.6 Å². The van der Waals surface area contributed by atoms with Gasteiger partial charge in [0.2, 0.25) is 0 Å². The van der Waals surface area contributed by atoms with Crippen molar-refractivity contribution in [3.05, 3.63) is 29.6 Å². The van der Waals surface area contributed by atoms with Crippen LogP contribution in [0.15, 0.2) is 18.2 Å². The highest BCUT2D eigenvalue weighted by Crippen LogP contribution is 2.23. The van der Waals surface area contributed by atoms with Crippen LogP contribution in [0.5, 0.6) is 0 Å². The molecule has 1 saturated heterocycles. The predicted molar refractivity (Wildman–Crippen MR) is 75.9 cm³/mol. The molecule has 0 aromatic heterocycles. The van der Waals surface area contributed by atoms with Crippen LogP contribution in [0.4, 0.5) is 14.9 Å². The summed E-state index contributed by atoms with van der Waals surface area (Å²) in [6.07, 6.45) is 0.906. The molecule has 5 nitrogen and oxygen atoms in total. The molecule has 0 aliphatic carbocycles. The summed E-state index contributed by atoms with van der Waals surface area (Å²) < 4.78 is 13.2. The number of rotatable bonds is 3. The van der Waals surface area contributed by atoms with E-state index >= 15 is 0 Å². The van der Waals surface area contributed by atoms with Crippen LogP contribution in [0.2, 0.25) is 0 Å². The Kier molecular flexibility index (Phi) is 4.49. The van der Waals surface area contributed by atoms with Crippen molar-refractivity contribution in [2.75, 3.05) is 23.9 Å². The number of halogens is 1. The van der Waals surface area contributed by atoms with Crippen LogP contribution >= 0.6 is 11.8 Å². The van der Waals surface area contributed by atoms with Crippen molar-refractivity contribution in [3.63, 3.8) is 0 Å². The molecule has 0 radical (unpaired) electrons. The molecule has 1 unspecified atom stereocenters. The Morgan fingerprint density at radius 1 is 1.50 bits per heavy atom. The first-order chi connectivity index (χ1) is 9.49. The summed E-state index contributed by atoms with van der Waals surface area (Å²) in [5.41, 5.74) is -0.158. The van der Waals surface area contributed by atoms with Crippen LogP contribution < -0.4 is 5.32 Å². The Hall–Kier alpha value is -1.76. The van der Waals surface area contributed by atoms with Gasteiger partial charge in [0.05, 0.1) is 11.3 Å². The number of carbonyl (C=O) groups is 2. The van der Waals surface area contributed by atoms with Gasteiger partial charge in [-0.15, -0.1) is 0 Å². The molecule has 1 aliphatic heterocycles. The fourth-order valence-electron chi connectivity index (χ4n) is 2.00. The molecule has 1 aromatic rings. The van der Waals surface area contributed by atoms with Crippen LogP contribution in [0, 0.1) is 5.82 Å². The number of carboxylic acid groups (broad SMARTS) is 1. The number of carbonyl (C=O) groups excluding carboxylic acids is 1. The molecule has 2 rings (SSSR count). The van der Waals surface area contributed by atoms with Gasteiger partial charge in [0.15, 0.2) is 0 Å². The molecule has 2 N–H and O–H groups in total. The molecule has 1 atom stereocenters. The van der Waals surface area contributed by atoms with Crippen LogP contribution in [-0.2, 0) is 0 Å². The molecule has 1 fully saturated rings. The number of thioether (sulfide) groups is 1. The van der Waals surface area contributed by atoms with Gasteiger partial charge in [0, 0.05) is 18.8 Å². The first-order valence-corrected chi connectivity index (χ1v) is 7.29. The lowest BCUT2D eigenvalue weighted by atomic mass is 10.1. The highest BCUT2D eigenvalue weighted by atomic mass is 32.2. The average molecular weight is 298 g/mol. The first kappa shape index (κ1) is 14.6. The summed E-state index contributed by atoms with van der Waals surface area (Å²) in [6, 6.07) is 2.90. The number of carboxylic acids is 1. The van der Waals surface area contributed by atoms with Crippen molar-refractivity contribution in [1.29, 1.82) is 0 Å². The third-order valence-corrected chi connectivity index (χ3v) is 4.37. The summed E-state index contributed by atoms with van der Waals surface area (Å²) in [7, 11) is 1.66. The maximum absolute atomic E-state index is 13.2. The third-order valence-electron chi connectivity index (χ3n) is 3.23. The molecule has 0 saturated carbocycles. The van der Waals surface area contributed by atoms with E-state index in [1.165, 1.54) is 4.90 Å². The van der Waals surface area contributed by atoms with Crippen LogP contribution in [0.25, 0.3) is 0 Å². The average Bonchev–Trinajstić information content (AvgIpc) is 2.91. The quantitative estimate of drug-likeness (QED) is 0.899. The lowest BCUT2D eigenvalue weighted by Gasteiger charge is -2.24. The number of anilines is 1. The van der Waals surface area contributed by atoms with Gasteiger partial charge < -0.3 is 15.3 Å². The molecular formula is C13H15FN2O3S. The van der Waals surface area contributed by atoms with Gasteiger partial charge in [-0.1, -0.05) is 0 Å². The van der Waals surface area contributed by atoms with Gasteiger partial charge in [-0.05, 0) is 30.4 Å². The molecule has 1 aromatic carbocycles. The Balaban J connectivity index is 2.14. The summed E-state index contributed by atoms with van der Waals surface area (Å²) in [4.78, 5) is 24.7. The Morgan fingerprint density at radius 2 is 2.25 bits per heavy atom. The zero-order valence-corrected chi connectivity index (χ0v) is 11.7. The summed E-state index contributed by atoms with van der Waals surface area (Å²) in [5.74, 6) is 0.0605. The molecule has 108 valence electrons. The molecule has 1 aliphatic rings. The van der Waals surface area contributed by atoms with Crippen molar-refractivity contribution in [3.8, 4) is 0 Å². The molecular weight excluding hydrogens is 283 g/mol. The van der Waals surface area contributed by atoms with Crippen molar-refractivity contribution in [2.24, 2.45) is 0 Å². The monoisotopic (exact) mass is 298 g/mol. The lowest BCUT2D eigenvalue weighted by molar-refractivity contribution is 0.0698. The summed E-state index contributed by atoms with van der Waals surface area (Å²) in [6.45, 7) is 0. The normalized spacial score (nSPS) is 17.8. The van der Waals surface area contributed by atoms with E-state index in [2.05, 4.69) is 5.32 Å². The largest absolute Gasteiger partial charge is 0.478 e. The van der Waals surface area contributed by atoms with Crippen molar-refractivity contribution in [2.45, 2.75) is 12.5 Å². The highest BCUT2D eigenvalue weighted by molar-refractivity contribution is 7.99. The lowest BCUT2D eigenvalue weighted by Crippen LogP contribution is -2.40. The number of nitrogens with one attached hydrogen (secondary N) is 1. The first-order valence-electron chi connectivity index (χ1n) is 6.13. The van der Waals surface area contributed by atoms with Gasteiger partial charge in [0.1, 0.15) is 5.82 Å². The molecule has 1 heterocycles. The van der Waals surface area contributed by atoms with E-state index in [1.54, 1.807) is 18.8 Å². The van der Waals surface area contributed by atoms with Crippen LogP contribution in [0.1, 0.15) is 16.8 Å². The van der Waals surface area contributed by atoms with Gasteiger partial charge >= 0.3 is 12.0 Å². The second kappa shape index (κ2) is 6.13. The minimum Gasteiger partial charge on any atom is -0.478 e. The number of amides is 2. The minimum atomic E-state index is -1.21. The van der Waals surface area contributed by atoms with Gasteiger partial charge in [-0.3, -0.25) is 0 Å². The zero-order chi connectivity index (χ0) is 14.7. The molecule has 7 heteroatoms. The fourth-order valence-corrected chi connectivity index (χ4v) is 3.27. The number of hydrogen-bond acceptors (Lipinski definition) is 3. The number of nitrogens with zero attached hydrogens (tertiary/aromatic N) is 1. The fraction of sp³-hybridized carbons (Fsp3) is 0.385. The number of urea groups is 1. The molecule has 20 heavy (non-hydrogen) atoms. The van der Waals surface area contributed by atoms with E-state index in [1.807, 2.05) is 0 Å². The van der Waals surface area contributed by atoms with E-state index < -0.39 is 17.8 Å². The Morgan fingerprint density at radius 3 is 2.85 bits per heavy atom. The maximum atomic E-state index is 13.2. The van der Waals surface area contributed by atoms with E-state index in [9.17, 15) is 14.0 Å². The molecule has 0 spiro atoms. The molecule has 2 amide bonds. The second-order valence-electron chi connectivity index (χ2n) is 4.55. The number of benzene rings is 1. The zero-order valence-electron chi connectivity index (χ0n) is 10.9. The van der Waals surface area contributed by atoms with E-state index in [0.717, 1.165) is 36.1 Å². The minimum absolute atomic E-state index is 0.0278. The molecule has 0 bridgehead atoms. The van der Waals surface area contributed by atoms with Crippen molar-refractivity contribution in [1.82, 2.24) is 4.90 Å². The van der Waals surface area contributed by atoms with Gasteiger partial charge in [-0.25, -0.2) is 14.0 Å². The number of hydrogen-bond donors (Lipinski definition) is 2. The maximum Gasteiger partial charge on any atom is 0.337 e. The smallest absolute Gasteiger partial charge is 0.337 e. The highest BCUT2D eigenvalue weighted by Gasteiger charge is 2.24. The van der Waals surface area contributed by atoms with Crippen molar-refractivity contribution < 1.29 is 19.1 Å². The predicted octanol–water partition coefficient (Wildman–Crippen LogP) is 2.49. The SMILES string of the molecule is CN(C(=O)Nc1cc(F)ccc1C(=O)O)C1CCSC1. The van der Waals surface area contributed by atoms with Crippen LogP contribution in [-0.4, -0.2) is 46.6 Å². The summed E-state index contributed by atoms with van der Waals surface area (Å²) in [5, 5.41) is 11.5. The third kappa shape index (κ3) is 3.22. The van der Waals surface area contributed by atoms with E-state index in [0.29, 0.717) is 0 Å². The summed E-state index contributed by atoms with van der Waals surface area (Å²) >= 11 is 1.77. The standard InChI is InChI=1S/C13H15FN2O3S/c1-16(9-4-5-20-7-9)13(19)15-11-6-8(14)2-3-10(11)12(17)18/h2-3,6,9H,4-5,7H2,1H3,(H,15,19)(H,17,18). The second-order valence-corrected chi connectivity index (χ2v) is 5.70. The van der Waals surface area contributed by atoms with Gasteiger partial charge in [0.25, 0.3) is 0 Å². The number of aromatic carboxylic acids is 1. The van der Waals surface area contributed by atoms with E-state index in [-0.39, 0.29) is 17.3 Å². The van der Waals surface area contributed by atoms with E-state index in [4.69, 9.17) is 5.11 Å². The van der Waals surface area contributed by atoms with Crippen LogP contribution in [0.3, 0.4) is 0 Å².